The second-order valence-corrected chi connectivity index (χ2v) is 6.53. The van der Waals surface area contributed by atoms with Crippen molar-refractivity contribution in [3.05, 3.63) is 46.8 Å². The molecule has 0 saturated carbocycles. The Morgan fingerprint density at radius 3 is 3.00 bits per heavy atom. The number of hydrogen-bond donors (Lipinski definition) is 2. The van der Waals surface area contributed by atoms with E-state index in [2.05, 4.69) is 40.6 Å². The number of ether oxygens (including phenoxy) is 1. The molecule has 0 aliphatic heterocycles. The number of H-pyrrole nitrogens is 1. The first-order chi connectivity index (χ1) is 11.3. The second-order valence-electron chi connectivity index (χ2n) is 6.53. The van der Waals surface area contributed by atoms with E-state index in [1.165, 1.54) is 48.2 Å². The van der Waals surface area contributed by atoms with Crippen molar-refractivity contribution in [2.45, 2.75) is 58.0 Å². The Labute approximate surface area is 138 Å². The molecule has 1 aromatic carbocycles. The zero-order chi connectivity index (χ0) is 16.1. The van der Waals surface area contributed by atoms with Gasteiger partial charge in [0.25, 0.3) is 0 Å². The maximum Gasteiger partial charge on any atom is 0.119 e. The van der Waals surface area contributed by atoms with Crippen LogP contribution < -0.4 is 10.1 Å². The maximum absolute atomic E-state index is 5.29. The highest BCUT2D eigenvalue weighted by atomic mass is 16.5. The molecule has 1 atom stereocenters. The smallest absolute Gasteiger partial charge is 0.119 e. The molecule has 0 unspecified atom stereocenters. The minimum atomic E-state index is 0.403. The molecule has 0 saturated heterocycles. The minimum Gasteiger partial charge on any atom is -0.497 e. The Balaban J connectivity index is 1.56. The van der Waals surface area contributed by atoms with Crippen molar-refractivity contribution in [2.24, 2.45) is 0 Å². The molecule has 1 aromatic heterocycles. The van der Waals surface area contributed by atoms with Crippen molar-refractivity contribution >= 4 is 0 Å². The third-order valence-corrected chi connectivity index (χ3v) is 4.69. The van der Waals surface area contributed by atoms with Crippen LogP contribution in [0.1, 0.15) is 48.7 Å². The van der Waals surface area contributed by atoms with Gasteiger partial charge in [-0.3, -0.25) is 5.10 Å². The van der Waals surface area contributed by atoms with Crippen LogP contribution in [-0.2, 0) is 25.8 Å². The van der Waals surface area contributed by atoms with Crippen molar-refractivity contribution in [2.75, 3.05) is 7.11 Å². The zero-order valence-electron chi connectivity index (χ0n) is 14.2. The van der Waals surface area contributed by atoms with E-state index in [1.807, 2.05) is 6.07 Å². The van der Waals surface area contributed by atoms with Gasteiger partial charge in [-0.15, -0.1) is 0 Å². The summed E-state index contributed by atoms with van der Waals surface area (Å²) in [6.45, 7) is 3.07. The fraction of sp³-hybridized carbons (Fsp3) is 0.526. The van der Waals surface area contributed by atoms with Crippen LogP contribution in [0.5, 0.6) is 5.75 Å². The minimum absolute atomic E-state index is 0.403. The lowest BCUT2D eigenvalue weighted by atomic mass is 10.1. The molecular weight excluding hydrogens is 286 g/mol. The van der Waals surface area contributed by atoms with Gasteiger partial charge in [0.2, 0.25) is 0 Å². The van der Waals surface area contributed by atoms with Gasteiger partial charge in [-0.2, -0.15) is 5.10 Å². The summed E-state index contributed by atoms with van der Waals surface area (Å²) in [5, 5.41) is 11.4. The fourth-order valence-corrected chi connectivity index (χ4v) is 3.37. The van der Waals surface area contributed by atoms with Gasteiger partial charge in [0.05, 0.1) is 12.8 Å². The lowest BCUT2D eigenvalue weighted by Gasteiger charge is -2.14. The van der Waals surface area contributed by atoms with Crippen molar-refractivity contribution < 1.29 is 4.74 Å². The summed E-state index contributed by atoms with van der Waals surface area (Å²) >= 11 is 0. The van der Waals surface area contributed by atoms with Crippen LogP contribution in [0.3, 0.4) is 0 Å². The van der Waals surface area contributed by atoms with Gasteiger partial charge in [0, 0.05) is 18.3 Å². The molecule has 0 fully saturated rings. The summed E-state index contributed by atoms with van der Waals surface area (Å²) in [7, 11) is 1.71. The normalized spacial score (nSPS) is 15.7. The molecule has 0 spiro atoms. The number of hydrogen-bond acceptors (Lipinski definition) is 3. The number of benzene rings is 1. The van der Waals surface area contributed by atoms with E-state index in [0.29, 0.717) is 6.04 Å². The summed E-state index contributed by atoms with van der Waals surface area (Å²) in [6, 6.07) is 8.70. The zero-order valence-corrected chi connectivity index (χ0v) is 14.2. The second kappa shape index (κ2) is 7.64. The first-order valence-corrected chi connectivity index (χ1v) is 8.67. The molecule has 1 aliphatic carbocycles. The van der Waals surface area contributed by atoms with Gasteiger partial charge >= 0.3 is 0 Å². The van der Waals surface area contributed by atoms with Gasteiger partial charge in [-0.1, -0.05) is 18.6 Å². The van der Waals surface area contributed by atoms with Gasteiger partial charge in [0.15, 0.2) is 0 Å². The van der Waals surface area contributed by atoms with Crippen molar-refractivity contribution in [1.29, 1.82) is 0 Å². The predicted molar refractivity (Wildman–Crippen MR) is 92.8 cm³/mol. The number of aromatic nitrogens is 2. The van der Waals surface area contributed by atoms with Crippen LogP contribution in [0.2, 0.25) is 0 Å². The quantitative estimate of drug-likeness (QED) is 0.804. The van der Waals surface area contributed by atoms with Gasteiger partial charge in [-0.25, -0.2) is 0 Å². The standard InChI is InChI=1S/C19H27N3O/c1-14(11-15-7-6-8-16(12-15)23-2)20-13-19-17-9-4-3-5-10-18(17)21-22-19/h6-8,12,14,20H,3-5,9-11,13H2,1-2H3,(H,21,22)/t14-/m0/s1. The van der Waals surface area contributed by atoms with E-state index in [0.717, 1.165) is 25.1 Å². The van der Waals surface area contributed by atoms with Gasteiger partial charge in [0.1, 0.15) is 5.75 Å². The molecule has 4 nitrogen and oxygen atoms in total. The summed E-state index contributed by atoms with van der Waals surface area (Å²) in [4.78, 5) is 0. The summed E-state index contributed by atoms with van der Waals surface area (Å²) in [5.41, 5.74) is 5.33. The summed E-state index contributed by atoms with van der Waals surface area (Å²) in [5.74, 6) is 0.923. The Kier molecular flexibility index (Phi) is 5.34. The van der Waals surface area contributed by atoms with E-state index in [9.17, 15) is 0 Å². The van der Waals surface area contributed by atoms with E-state index < -0.39 is 0 Å². The Hall–Kier alpha value is -1.81. The van der Waals surface area contributed by atoms with Crippen molar-refractivity contribution in [1.82, 2.24) is 15.5 Å². The molecule has 0 bridgehead atoms. The van der Waals surface area contributed by atoms with Crippen LogP contribution in [0.4, 0.5) is 0 Å². The van der Waals surface area contributed by atoms with E-state index in [1.54, 1.807) is 7.11 Å². The molecule has 2 N–H and O–H groups in total. The molecule has 1 aliphatic rings. The highest BCUT2D eigenvalue weighted by Crippen LogP contribution is 2.21. The van der Waals surface area contributed by atoms with Crippen LogP contribution in [0.15, 0.2) is 24.3 Å². The van der Waals surface area contributed by atoms with Crippen LogP contribution in [-0.4, -0.2) is 23.3 Å². The van der Waals surface area contributed by atoms with Crippen LogP contribution in [0.25, 0.3) is 0 Å². The Morgan fingerprint density at radius 2 is 2.13 bits per heavy atom. The Morgan fingerprint density at radius 1 is 1.26 bits per heavy atom. The Bertz CT molecular complexity index is 635. The van der Waals surface area contributed by atoms with Gasteiger partial charge < -0.3 is 10.1 Å². The molecule has 4 heteroatoms. The third-order valence-electron chi connectivity index (χ3n) is 4.69. The number of nitrogens with zero attached hydrogens (tertiary/aromatic N) is 1. The van der Waals surface area contributed by atoms with E-state index >= 15 is 0 Å². The molecule has 23 heavy (non-hydrogen) atoms. The molecule has 3 rings (SSSR count). The largest absolute Gasteiger partial charge is 0.497 e. The molecule has 0 amide bonds. The lowest BCUT2D eigenvalue weighted by Crippen LogP contribution is -2.28. The number of rotatable bonds is 6. The van der Waals surface area contributed by atoms with Crippen molar-refractivity contribution in [3.63, 3.8) is 0 Å². The first kappa shape index (κ1) is 16.1. The average Bonchev–Trinajstić information content (AvgIpc) is 2.79. The number of nitrogens with one attached hydrogen (secondary N) is 2. The highest BCUT2D eigenvalue weighted by Gasteiger charge is 2.16. The summed E-state index contributed by atoms with van der Waals surface area (Å²) in [6.07, 6.45) is 7.23. The molecule has 1 heterocycles. The fourth-order valence-electron chi connectivity index (χ4n) is 3.37. The first-order valence-electron chi connectivity index (χ1n) is 8.67. The predicted octanol–water partition coefficient (Wildman–Crippen LogP) is 3.41. The third kappa shape index (κ3) is 4.14. The topological polar surface area (TPSA) is 49.9 Å². The van der Waals surface area contributed by atoms with Crippen LogP contribution in [0, 0.1) is 0 Å². The van der Waals surface area contributed by atoms with E-state index in [-0.39, 0.29) is 0 Å². The molecule has 0 radical (unpaired) electrons. The van der Waals surface area contributed by atoms with Crippen molar-refractivity contribution in [3.8, 4) is 5.75 Å². The maximum atomic E-state index is 5.29. The van der Waals surface area contributed by atoms with E-state index in [4.69, 9.17) is 4.74 Å². The van der Waals surface area contributed by atoms with Gasteiger partial charge in [-0.05, 0) is 62.3 Å². The lowest BCUT2D eigenvalue weighted by molar-refractivity contribution is 0.414. The number of aromatic amines is 1. The molecular formula is C19H27N3O. The summed E-state index contributed by atoms with van der Waals surface area (Å²) < 4.78 is 5.29. The molecule has 2 aromatic rings. The molecule has 124 valence electrons. The number of aryl methyl sites for hydroxylation is 1. The number of methoxy groups -OCH3 is 1. The SMILES string of the molecule is COc1cccc(C[C@H](C)NCc2n[nH]c3c2CCCCC3)c1. The number of fused-ring (bicyclic) bond motifs is 1. The van der Waals surface area contributed by atoms with Crippen LogP contribution >= 0.6 is 0 Å². The monoisotopic (exact) mass is 313 g/mol. The highest BCUT2D eigenvalue weighted by molar-refractivity contribution is 5.29. The average molecular weight is 313 g/mol.